The standard InChI is InChI=1S/C16H16N6/c1-22(16-20-13-7-4-10-19-15(13)21-16)11-14-12(5-2-8-17)6-3-9-18-14/h3-4,6-7,9-10H,2,5,11H2,1H3,(H,19,20,21). The summed E-state index contributed by atoms with van der Waals surface area (Å²) in [6, 6.07) is 9.93. The number of aromatic nitrogens is 4. The van der Waals surface area contributed by atoms with E-state index in [1.54, 1.807) is 12.4 Å². The molecule has 3 heterocycles. The predicted molar refractivity (Wildman–Crippen MR) is 84.2 cm³/mol. The van der Waals surface area contributed by atoms with Gasteiger partial charge in [-0.05, 0) is 30.2 Å². The number of fused-ring (bicyclic) bond motifs is 1. The van der Waals surface area contributed by atoms with Crippen LogP contribution in [0.3, 0.4) is 0 Å². The SMILES string of the molecule is CN(Cc1ncccc1CCC#N)c1nc2ncccc2[nH]1. The Kier molecular flexibility index (Phi) is 3.97. The van der Waals surface area contributed by atoms with E-state index >= 15 is 0 Å². The Morgan fingerprint density at radius 2 is 2.05 bits per heavy atom. The third-order valence-corrected chi connectivity index (χ3v) is 3.48. The Bertz CT molecular complexity index is 784. The molecule has 0 spiro atoms. The first-order valence-electron chi connectivity index (χ1n) is 7.09. The summed E-state index contributed by atoms with van der Waals surface area (Å²) < 4.78 is 0. The molecule has 0 bridgehead atoms. The average Bonchev–Trinajstić information content (AvgIpc) is 2.98. The highest BCUT2D eigenvalue weighted by Crippen LogP contribution is 2.17. The van der Waals surface area contributed by atoms with Crippen molar-refractivity contribution in [3.63, 3.8) is 0 Å². The van der Waals surface area contributed by atoms with Gasteiger partial charge in [0.15, 0.2) is 5.65 Å². The molecule has 0 aliphatic carbocycles. The van der Waals surface area contributed by atoms with Crippen LogP contribution < -0.4 is 4.90 Å². The van der Waals surface area contributed by atoms with Crippen molar-refractivity contribution >= 4 is 17.1 Å². The van der Waals surface area contributed by atoms with Gasteiger partial charge in [0, 0.05) is 25.9 Å². The van der Waals surface area contributed by atoms with Crippen molar-refractivity contribution in [1.82, 2.24) is 19.9 Å². The number of rotatable bonds is 5. The molecule has 0 amide bonds. The van der Waals surface area contributed by atoms with Crippen LogP contribution in [-0.2, 0) is 13.0 Å². The molecule has 0 radical (unpaired) electrons. The fraction of sp³-hybridized carbons (Fsp3) is 0.250. The minimum absolute atomic E-state index is 0.497. The molecule has 22 heavy (non-hydrogen) atoms. The fourth-order valence-electron chi connectivity index (χ4n) is 2.34. The van der Waals surface area contributed by atoms with Crippen molar-refractivity contribution in [3.8, 4) is 6.07 Å². The van der Waals surface area contributed by atoms with E-state index in [2.05, 4.69) is 26.0 Å². The van der Waals surface area contributed by atoms with Gasteiger partial charge in [-0.1, -0.05) is 6.07 Å². The third kappa shape index (κ3) is 2.88. The molecule has 3 aromatic heterocycles. The van der Waals surface area contributed by atoms with E-state index in [1.165, 1.54) is 0 Å². The largest absolute Gasteiger partial charge is 0.340 e. The van der Waals surface area contributed by atoms with Crippen LogP contribution in [0, 0.1) is 11.3 Å². The van der Waals surface area contributed by atoms with E-state index in [0.29, 0.717) is 18.6 Å². The Balaban J connectivity index is 1.82. The minimum Gasteiger partial charge on any atom is -0.340 e. The van der Waals surface area contributed by atoms with Gasteiger partial charge < -0.3 is 9.88 Å². The number of H-pyrrole nitrogens is 1. The molecule has 6 heteroatoms. The molecule has 0 saturated carbocycles. The number of hydrogen-bond donors (Lipinski definition) is 1. The van der Waals surface area contributed by atoms with Gasteiger partial charge in [-0.15, -0.1) is 0 Å². The molecule has 0 aromatic carbocycles. The van der Waals surface area contributed by atoms with Crippen molar-refractivity contribution in [3.05, 3.63) is 47.9 Å². The maximum absolute atomic E-state index is 8.76. The number of pyridine rings is 2. The molecule has 1 N–H and O–H groups in total. The zero-order valence-corrected chi connectivity index (χ0v) is 12.3. The number of nitrogens with one attached hydrogen (secondary N) is 1. The van der Waals surface area contributed by atoms with Gasteiger partial charge in [0.25, 0.3) is 0 Å². The molecule has 3 rings (SSSR count). The summed E-state index contributed by atoms with van der Waals surface area (Å²) in [5.74, 6) is 0.755. The topological polar surface area (TPSA) is 81.5 Å². The highest BCUT2D eigenvalue weighted by atomic mass is 15.3. The normalized spacial score (nSPS) is 10.5. The maximum Gasteiger partial charge on any atom is 0.205 e. The number of nitriles is 1. The van der Waals surface area contributed by atoms with E-state index < -0.39 is 0 Å². The molecule has 0 fully saturated rings. The molecule has 0 aliphatic rings. The van der Waals surface area contributed by atoms with Gasteiger partial charge in [0.2, 0.25) is 5.95 Å². The van der Waals surface area contributed by atoms with Crippen LogP contribution in [0.2, 0.25) is 0 Å². The summed E-state index contributed by atoms with van der Waals surface area (Å²) in [6.45, 7) is 0.626. The van der Waals surface area contributed by atoms with E-state index in [1.807, 2.05) is 36.2 Å². The molecule has 0 aliphatic heterocycles. The highest BCUT2D eigenvalue weighted by Gasteiger charge is 2.11. The second kappa shape index (κ2) is 6.22. The Labute approximate surface area is 128 Å². The van der Waals surface area contributed by atoms with Crippen molar-refractivity contribution in [2.45, 2.75) is 19.4 Å². The summed E-state index contributed by atoms with van der Waals surface area (Å²) in [5.41, 5.74) is 3.68. The average molecular weight is 292 g/mol. The number of aromatic amines is 1. The predicted octanol–water partition coefficient (Wildman–Crippen LogP) is 2.45. The van der Waals surface area contributed by atoms with Gasteiger partial charge in [0.05, 0.1) is 23.8 Å². The van der Waals surface area contributed by atoms with E-state index in [9.17, 15) is 0 Å². The lowest BCUT2D eigenvalue weighted by Gasteiger charge is -2.17. The zero-order chi connectivity index (χ0) is 15.4. The monoisotopic (exact) mass is 292 g/mol. The zero-order valence-electron chi connectivity index (χ0n) is 12.3. The second-order valence-electron chi connectivity index (χ2n) is 5.06. The van der Waals surface area contributed by atoms with E-state index in [0.717, 1.165) is 29.1 Å². The molecule has 3 aromatic rings. The summed E-state index contributed by atoms with van der Waals surface area (Å²) in [4.78, 5) is 18.4. The second-order valence-corrected chi connectivity index (χ2v) is 5.06. The van der Waals surface area contributed by atoms with Gasteiger partial charge in [-0.25, -0.2) is 4.98 Å². The molecule has 0 atom stereocenters. The number of hydrogen-bond acceptors (Lipinski definition) is 5. The van der Waals surface area contributed by atoms with Gasteiger partial charge in [-0.2, -0.15) is 10.2 Å². The summed E-state index contributed by atoms with van der Waals surface area (Å²) in [5, 5.41) is 8.76. The summed E-state index contributed by atoms with van der Waals surface area (Å²) in [6.07, 6.45) is 4.72. The third-order valence-electron chi connectivity index (χ3n) is 3.48. The molecular weight excluding hydrogens is 276 g/mol. The number of imidazole rings is 1. The Morgan fingerprint density at radius 3 is 2.86 bits per heavy atom. The first kappa shape index (κ1) is 14.0. The fourth-order valence-corrected chi connectivity index (χ4v) is 2.34. The summed E-state index contributed by atoms with van der Waals surface area (Å²) in [7, 11) is 1.96. The Morgan fingerprint density at radius 1 is 1.23 bits per heavy atom. The molecular formula is C16H16N6. The summed E-state index contributed by atoms with van der Waals surface area (Å²) >= 11 is 0. The van der Waals surface area contributed by atoms with Crippen molar-refractivity contribution < 1.29 is 0 Å². The number of nitrogens with zero attached hydrogens (tertiary/aromatic N) is 5. The molecule has 0 saturated heterocycles. The van der Waals surface area contributed by atoms with Crippen LogP contribution in [0.15, 0.2) is 36.7 Å². The number of anilines is 1. The lowest BCUT2D eigenvalue weighted by atomic mass is 10.1. The van der Waals surface area contributed by atoms with Crippen LogP contribution in [0.25, 0.3) is 11.2 Å². The molecule has 0 unspecified atom stereocenters. The lowest BCUT2D eigenvalue weighted by Crippen LogP contribution is -2.19. The smallest absolute Gasteiger partial charge is 0.205 e. The lowest BCUT2D eigenvalue weighted by molar-refractivity contribution is 0.828. The van der Waals surface area contributed by atoms with Gasteiger partial charge in [-0.3, -0.25) is 4.98 Å². The number of aryl methyl sites for hydroxylation is 1. The van der Waals surface area contributed by atoms with Gasteiger partial charge in [0.1, 0.15) is 0 Å². The van der Waals surface area contributed by atoms with Crippen LogP contribution in [-0.4, -0.2) is 27.0 Å². The van der Waals surface area contributed by atoms with Crippen molar-refractivity contribution in [2.24, 2.45) is 0 Å². The Hall–Kier alpha value is -2.94. The van der Waals surface area contributed by atoms with Crippen molar-refractivity contribution in [2.75, 3.05) is 11.9 Å². The van der Waals surface area contributed by atoms with Crippen LogP contribution in [0.4, 0.5) is 5.95 Å². The van der Waals surface area contributed by atoms with E-state index in [-0.39, 0.29) is 0 Å². The highest BCUT2D eigenvalue weighted by molar-refractivity contribution is 5.73. The van der Waals surface area contributed by atoms with Crippen LogP contribution in [0.5, 0.6) is 0 Å². The molecule has 110 valence electrons. The van der Waals surface area contributed by atoms with Crippen LogP contribution >= 0.6 is 0 Å². The maximum atomic E-state index is 8.76. The van der Waals surface area contributed by atoms with Gasteiger partial charge >= 0.3 is 0 Å². The van der Waals surface area contributed by atoms with Crippen molar-refractivity contribution in [1.29, 1.82) is 5.26 Å². The first-order chi connectivity index (χ1) is 10.8. The molecule has 6 nitrogen and oxygen atoms in total. The van der Waals surface area contributed by atoms with E-state index in [4.69, 9.17) is 5.26 Å². The first-order valence-corrected chi connectivity index (χ1v) is 7.09. The quantitative estimate of drug-likeness (QED) is 0.781. The minimum atomic E-state index is 0.497. The van der Waals surface area contributed by atoms with Crippen LogP contribution in [0.1, 0.15) is 17.7 Å².